The molecule has 1 atom stereocenters. The van der Waals surface area contributed by atoms with Gasteiger partial charge < -0.3 is 0 Å². The van der Waals surface area contributed by atoms with E-state index >= 15 is 0 Å². The summed E-state index contributed by atoms with van der Waals surface area (Å²) in [6.45, 7) is 8.94. The Labute approximate surface area is 123 Å². The summed E-state index contributed by atoms with van der Waals surface area (Å²) in [4.78, 5) is 0. The van der Waals surface area contributed by atoms with Crippen LogP contribution in [0.25, 0.3) is 5.57 Å². The Hall–Kier alpha value is -1.56. The van der Waals surface area contributed by atoms with Crippen LogP contribution >= 0.6 is 0 Å². The zero-order valence-corrected chi connectivity index (χ0v) is 13.2. The molecule has 0 N–H and O–H groups in total. The van der Waals surface area contributed by atoms with Gasteiger partial charge in [-0.1, -0.05) is 60.6 Å². The van der Waals surface area contributed by atoms with Crippen molar-refractivity contribution in [1.29, 1.82) is 0 Å². The van der Waals surface area contributed by atoms with Gasteiger partial charge in [-0.3, -0.25) is 0 Å². The first-order valence-electron chi connectivity index (χ1n) is 7.77. The number of rotatable bonds is 3. The van der Waals surface area contributed by atoms with Gasteiger partial charge in [-0.25, -0.2) is 0 Å². The van der Waals surface area contributed by atoms with E-state index in [1.54, 1.807) is 0 Å². The Morgan fingerprint density at radius 1 is 1.30 bits per heavy atom. The van der Waals surface area contributed by atoms with E-state index in [0.29, 0.717) is 5.92 Å². The molecule has 0 bridgehead atoms. The molecule has 1 aliphatic rings. The van der Waals surface area contributed by atoms with Crippen LogP contribution in [0, 0.1) is 5.92 Å². The molecule has 0 heteroatoms. The number of hydrogen-bond acceptors (Lipinski definition) is 0. The van der Waals surface area contributed by atoms with Gasteiger partial charge in [0.1, 0.15) is 0 Å². The lowest BCUT2D eigenvalue weighted by Crippen LogP contribution is -2.05. The van der Waals surface area contributed by atoms with Crippen molar-refractivity contribution in [3.05, 3.63) is 64.8 Å². The van der Waals surface area contributed by atoms with Crippen molar-refractivity contribution >= 4 is 5.57 Å². The first kappa shape index (κ1) is 14.8. The molecular weight excluding hydrogens is 240 g/mol. The lowest BCUT2D eigenvalue weighted by Gasteiger charge is -2.19. The molecule has 0 radical (unpaired) electrons. The third-order valence-corrected chi connectivity index (χ3v) is 4.37. The summed E-state index contributed by atoms with van der Waals surface area (Å²) in [6, 6.07) is 8.88. The number of aryl methyl sites for hydroxylation is 1. The average molecular weight is 266 g/mol. The van der Waals surface area contributed by atoms with Crippen molar-refractivity contribution in [2.45, 2.75) is 47.0 Å². The van der Waals surface area contributed by atoms with Gasteiger partial charge in [-0.2, -0.15) is 0 Å². The smallest absolute Gasteiger partial charge is 0.00138 e. The van der Waals surface area contributed by atoms with Gasteiger partial charge in [-0.15, -0.1) is 0 Å². The van der Waals surface area contributed by atoms with E-state index in [1.807, 2.05) is 0 Å². The van der Waals surface area contributed by atoms with Gasteiger partial charge in [-0.05, 0) is 56.7 Å². The van der Waals surface area contributed by atoms with E-state index < -0.39 is 0 Å². The van der Waals surface area contributed by atoms with Gasteiger partial charge in [0.15, 0.2) is 0 Å². The Kier molecular flexibility index (Phi) is 5.00. The van der Waals surface area contributed by atoms with Gasteiger partial charge >= 0.3 is 0 Å². The van der Waals surface area contributed by atoms with E-state index in [4.69, 9.17) is 0 Å². The number of fused-ring (bicyclic) bond motifs is 1. The van der Waals surface area contributed by atoms with E-state index in [0.717, 1.165) is 6.42 Å². The molecule has 20 heavy (non-hydrogen) atoms. The molecule has 0 saturated heterocycles. The zero-order chi connectivity index (χ0) is 14.5. The van der Waals surface area contributed by atoms with E-state index in [2.05, 4.69) is 70.2 Å². The molecule has 1 unspecified atom stereocenters. The summed E-state index contributed by atoms with van der Waals surface area (Å²) < 4.78 is 0. The summed E-state index contributed by atoms with van der Waals surface area (Å²) in [5.74, 6) is 0.591. The molecule has 0 saturated carbocycles. The predicted molar refractivity (Wildman–Crippen MR) is 89.7 cm³/mol. The van der Waals surface area contributed by atoms with Crippen LogP contribution in [0.3, 0.4) is 0 Å². The van der Waals surface area contributed by atoms with Crippen LogP contribution < -0.4 is 0 Å². The predicted octanol–water partition coefficient (Wildman–Crippen LogP) is 5.95. The first-order chi connectivity index (χ1) is 9.69. The molecule has 0 heterocycles. The molecule has 0 aliphatic heterocycles. The molecule has 1 aromatic rings. The molecule has 0 spiro atoms. The Balaban J connectivity index is 2.55. The quantitative estimate of drug-likeness (QED) is 0.592. The Morgan fingerprint density at radius 2 is 2.05 bits per heavy atom. The largest absolute Gasteiger partial charge is 0.0870 e. The minimum Gasteiger partial charge on any atom is -0.0870 e. The highest BCUT2D eigenvalue weighted by molar-refractivity contribution is 5.79. The normalized spacial score (nSPS) is 20.2. The molecule has 0 aromatic heterocycles. The van der Waals surface area contributed by atoms with Crippen molar-refractivity contribution < 1.29 is 0 Å². The van der Waals surface area contributed by atoms with Gasteiger partial charge in [0, 0.05) is 5.92 Å². The van der Waals surface area contributed by atoms with Crippen LogP contribution in [-0.2, 0) is 6.42 Å². The van der Waals surface area contributed by atoms with Crippen LogP contribution in [0.4, 0.5) is 0 Å². The second kappa shape index (κ2) is 6.74. The number of hydrogen-bond donors (Lipinski definition) is 0. The van der Waals surface area contributed by atoms with Crippen LogP contribution in [-0.4, -0.2) is 0 Å². The van der Waals surface area contributed by atoms with E-state index in [1.165, 1.54) is 40.7 Å². The Morgan fingerprint density at radius 3 is 2.75 bits per heavy atom. The maximum absolute atomic E-state index is 2.39. The highest BCUT2D eigenvalue weighted by atomic mass is 14.3. The summed E-state index contributed by atoms with van der Waals surface area (Å²) in [5.41, 5.74) is 7.39. The van der Waals surface area contributed by atoms with E-state index in [9.17, 15) is 0 Å². The molecule has 0 amide bonds. The van der Waals surface area contributed by atoms with Gasteiger partial charge in [0.25, 0.3) is 0 Å². The van der Waals surface area contributed by atoms with E-state index in [-0.39, 0.29) is 0 Å². The molecule has 106 valence electrons. The zero-order valence-electron chi connectivity index (χ0n) is 13.2. The fourth-order valence-electron chi connectivity index (χ4n) is 3.34. The summed E-state index contributed by atoms with van der Waals surface area (Å²) in [7, 11) is 0. The lowest BCUT2D eigenvalue weighted by atomic mass is 9.86. The van der Waals surface area contributed by atoms with Crippen molar-refractivity contribution in [3.63, 3.8) is 0 Å². The van der Waals surface area contributed by atoms with Gasteiger partial charge in [0.05, 0.1) is 0 Å². The number of allylic oxidation sites excluding steroid dienone is 6. The standard InChI is InChI=1S/C20H26/c1-5-9-15(3)18-14-13-17-11-7-8-12-20(17)19(10-6-2)16(18)4/h6-12,18H,5,13-14H2,1-4H3. The van der Waals surface area contributed by atoms with Crippen molar-refractivity contribution in [3.8, 4) is 0 Å². The summed E-state index contributed by atoms with van der Waals surface area (Å²) in [5, 5.41) is 0. The summed E-state index contributed by atoms with van der Waals surface area (Å²) >= 11 is 0. The first-order valence-corrected chi connectivity index (χ1v) is 7.77. The summed E-state index contributed by atoms with van der Waals surface area (Å²) in [6.07, 6.45) is 10.4. The maximum atomic E-state index is 2.39. The van der Waals surface area contributed by atoms with Crippen molar-refractivity contribution in [1.82, 2.24) is 0 Å². The van der Waals surface area contributed by atoms with Crippen LogP contribution in [0.1, 0.15) is 51.7 Å². The van der Waals surface area contributed by atoms with Crippen LogP contribution in [0.2, 0.25) is 0 Å². The monoisotopic (exact) mass is 266 g/mol. The third-order valence-electron chi connectivity index (χ3n) is 4.37. The molecular formula is C20H26. The molecule has 1 aliphatic carbocycles. The van der Waals surface area contributed by atoms with Crippen molar-refractivity contribution in [2.24, 2.45) is 5.92 Å². The molecule has 2 rings (SSSR count). The fourth-order valence-corrected chi connectivity index (χ4v) is 3.34. The van der Waals surface area contributed by atoms with Gasteiger partial charge in [0.2, 0.25) is 0 Å². The Bertz CT molecular complexity index is 555. The van der Waals surface area contributed by atoms with Crippen molar-refractivity contribution in [2.75, 3.05) is 0 Å². The minimum atomic E-state index is 0.591. The SMILES string of the molecule is CC=CC1=C(C)C(C(C)=CCC)CCc2ccccc21. The fraction of sp³-hybridized carbons (Fsp3) is 0.400. The minimum absolute atomic E-state index is 0.591. The second-order valence-electron chi connectivity index (χ2n) is 5.70. The lowest BCUT2D eigenvalue weighted by molar-refractivity contribution is 0.644. The third kappa shape index (κ3) is 2.95. The second-order valence-corrected chi connectivity index (χ2v) is 5.70. The van der Waals surface area contributed by atoms with Crippen LogP contribution in [0.5, 0.6) is 0 Å². The topological polar surface area (TPSA) is 0 Å². The number of benzene rings is 1. The molecule has 1 aromatic carbocycles. The molecule has 0 nitrogen and oxygen atoms in total. The maximum Gasteiger partial charge on any atom is 0.00138 e. The highest BCUT2D eigenvalue weighted by Crippen LogP contribution is 2.37. The molecule has 0 fully saturated rings. The van der Waals surface area contributed by atoms with Crippen LogP contribution in [0.15, 0.2) is 53.6 Å². The average Bonchev–Trinajstić information content (AvgIpc) is 2.58. The highest BCUT2D eigenvalue weighted by Gasteiger charge is 2.21.